The van der Waals surface area contributed by atoms with Gasteiger partial charge in [-0.2, -0.15) is 0 Å². The van der Waals surface area contributed by atoms with Crippen molar-refractivity contribution in [1.82, 2.24) is 0 Å². The fourth-order valence-electron chi connectivity index (χ4n) is 8.15. The van der Waals surface area contributed by atoms with Crippen molar-refractivity contribution in [2.45, 2.75) is 181 Å². The molecule has 0 spiro atoms. The van der Waals surface area contributed by atoms with Crippen LogP contribution >= 0.6 is 0 Å². The summed E-state index contributed by atoms with van der Waals surface area (Å²) < 4.78 is 0. The molecule has 0 radical (unpaired) electrons. The van der Waals surface area contributed by atoms with Gasteiger partial charge in [-0.1, -0.05) is 161 Å². The van der Waals surface area contributed by atoms with Crippen LogP contribution in [0.5, 0.6) is 0 Å². The van der Waals surface area contributed by atoms with E-state index in [4.69, 9.17) is 5.73 Å². The van der Waals surface area contributed by atoms with Crippen molar-refractivity contribution >= 4 is 17.7 Å². The molecule has 4 unspecified atom stereocenters. The topological polar surface area (TPSA) is 118 Å². The van der Waals surface area contributed by atoms with E-state index in [-0.39, 0.29) is 31.1 Å². The lowest BCUT2D eigenvalue weighted by Gasteiger charge is -2.63. The van der Waals surface area contributed by atoms with E-state index in [0.717, 1.165) is 44.9 Å². The minimum absolute atomic E-state index is 0.109. The molecule has 1 rings (SSSR count). The molecule has 0 aliphatic heterocycles. The smallest absolute Gasteiger partial charge is 0.311 e. The lowest BCUT2D eigenvalue weighted by Crippen LogP contribution is -2.70. The van der Waals surface area contributed by atoms with Crippen LogP contribution in [0.15, 0.2) is 24.3 Å². The van der Waals surface area contributed by atoms with Gasteiger partial charge in [-0.25, -0.2) is 0 Å². The van der Waals surface area contributed by atoms with Crippen LogP contribution in [0.2, 0.25) is 0 Å². The van der Waals surface area contributed by atoms with Crippen molar-refractivity contribution in [1.29, 1.82) is 0 Å². The molecule has 6 nitrogen and oxygen atoms in total. The number of rotatable bonds is 31. The Morgan fingerprint density at radius 2 is 1.13 bits per heavy atom. The van der Waals surface area contributed by atoms with Crippen molar-refractivity contribution in [2.24, 2.45) is 28.4 Å². The average molecular weight is 646 g/mol. The van der Waals surface area contributed by atoms with Gasteiger partial charge in [0.1, 0.15) is 0 Å². The van der Waals surface area contributed by atoms with Crippen LogP contribution in [0.25, 0.3) is 0 Å². The van der Waals surface area contributed by atoms with Crippen LogP contribution in [-0.4, -0.2) is 34.5 Å². The third kappa shape index (κ3) is 12.9. The van der Waals surface area contributed by atoms with E-state index < -0.39 is 28.7 Å². The van der Waals surface area contributed by atoms with Gasteiger partial charge in [0.25, 0.3) is 0 Å². The lowest BCUT2D eigenvalue weighted by atomic mass is 9.36. The molecule has 0 amide bonds. The summed E-state index contributed by atoms with van der Waals surface area (Å²) in [5, 5.41) is 21.1. The van der Waals surface area contributed by atoms with Crippen LogP contribution in [-0.2, 0) is 14.4 Å². The van der Waals surface area contributed by atoms with Crippen molar-refractivity contribution in [3.63, 3.8) is 0 Å². The van der Waals surface area contributed by atoms with Crippen LogP contribution in [0.4, 0.5) is 0 Å². The summed E-state index contributed by atoms with van der Waals surface area (Å²) in [5.74, 6) is -3.89. The fourth-order valence-corrected chi connectivity index (χ4v) is 8.15. The first kappa shape index (κ1) is 42.1. The summed E-state index contributed by atoms with van der Waals surface area (Å²) in [5.41, 5.74) is 3.08. The zero-order valence-electron chi connectivity index (χ0n) is 30.0. The van der Waals surface area contributed by atoms with Crippen molar-refractivity contribution in [2.75, 3.05) is 6.54 Å². The standard InChI is InChI=1S/C40H71NO5/c1-4-7-9-11-13-15-17-19-20-22-24-26-28-30-35(37(43)44)40(38(45)46)32-34(6-3)39(40,36(42)33-41)31-29-27-25-23-21-18-16-14-12-10-8-5-2/h19-20,26,28,34-35H,4-18,21-25,27,29-33,41H2,1-3H3,(H,43,44)(H,45,46). The Kier molecular flexibility index (Phi) is 23.0. The lowest BCUT2D eigenvalue weighted by molar-refractivity contribution is -0.217. The van der Waals surface area contributed by atoms with Gasteiger partial charge in [-0.05, 0) is 50.9 Å². The quantitative estimate of drug-likeness (QED) is 0.0510. The van der Waals surface area contributed by atoms with E-state index in [1.54, 1.807) is 0 Å². The number of carboxylic acids is 2. The maximum absolute atomic E-state index is 13.6. The number of carboxylic acid groups (broad SMARTS) is 2. The third-order valence-electron chi connectivity index (χ3n) is 10.9. The van der Waals surface area contributed by atoms with Gasteiger partial charge in [0.2, 0.25) is 0 Å². The van der Waals surface area contributed by atoms with Crippen molar-refractivity contribution < 1.29 is 24.6 Å². The summed E-state index contributed by atoms with van der Waals surface area (Å²) >= 11 is 0. The molecular formula is C40H71NO5. The SMILES string of the molecule is CCCCCCCCC=CCCC=CCC(C(=O)O)C1(C(=O)O)CC(CC)C1(CCCCCCCCCCCCCC)C(=O)CN. The number of hydrogen-bond acceptors (Lipinski definition) is 4. The zero-order valence-corrected chi connectivity index (χ0v) is 30.0. The Hall–Kier alpha value is -1.95. The maximum atomic E-state index is 13.6. The Balaban J connectivity index is 2.77. The van der Waals surface area contributed by atoms with Gasteiger partial charge in [0, 0.05) is 0 Å². The van der Waals surface area contributed by atoms with Gasteiger partial charge in [0.05, 0.1) is 23.3 Å². The highest BCUT2D eigenvalue weighted by Gasteiger charge is 2.74. The first-order valence-electron chi connectivity index (χ1n) is 19.3. The predicted molar refractivity (Wildman–Crippen MR) is 192 cm³/mol. The van der Waals surface area contributed by atoms with E-state index in [1.165, 1.54) is 89.9 Å². The molecule has 4 atom stereocenters. The molecular weight excluding hydrogens is 574 g/mol. The molecule has 6 heteroatoms. The fraction of sp³-hybridized carbons (Fsp3) is 0.825. The second-order valence-electron chi connectivity index (χ2n) is 14.0. The Morgan fingerprint density at radius 3 is 1.59 bits per heavy atom. The van der Waals surface area contributed by atoms with Crippen LogP contribution < -0.4 is 5.73 Å². The second kappa shape index (κ2) is 25.1. The molecule has 0 saturated heterocycles. The van der Waals surface area contributed by atoms with Gasteiger partial charge in [-0.15, -0.1) is 0 Å². The van der Waals surface area contributed by atoms with Crippen LogP contribution in [0.3, 0.4) is 0 Å². The Bertz CT molecular complexity index is 898. The summed E-state index contributed by atoms with van der Waals surface area (Å²) in [6.07, 6.45) is 34.2. The number of hydrogen-bond donors (Lipinski definition) is 3. The molecule has 0 aromatic heterocycles. The molecule has 1 fully saturated rings. The summed E-state index contributed by atoms with van der Waals surface area (Å²) in [6, 6.07) is 0. The minimum atomic E-state index is -1.63. The molecule has 0 aromatic carbocycles. The molecule has 1 saturated carbocycles. The predicted octanol–water partition coefficient (Wildman–Crippen LogP) is 10.8. The monoisotopic (exact) mass is 646 g/mol. The molecule has 4 N–H and O–H groups in total. The van der Waals surface area contributed by atoms with Gasteiger partial charge in [0.15, 0.2) is 5.78 Å². The third-order valence-corrected chi connectivity index (χ3v) is 10.9. The number of carbonyl (C=O) groups excluding carboxylic acids is 1. The molecule has 266 valence electrons. The van der Waals surface area contributed by atoms with E-state index in [9.17, 15) is 24.6 Å². The number of nitrogens with two attached hydrogens (primary N) is 1. The summed E-state index contributed by atoms with van der Waals surface area (Å²) in [6.45, 7) is 6.20. The molecule has 0 aromatic rings. The van der Waals surface area contributed by atoms with E-state index in [1.807, 2.05) is 19.1 Å². The van der Waals surface area contributed by atoms with Crippen molar-refractivity contribution in [3.8, 4) is 0 Å². The van der Waals surface area contributed by atoms with Gasteiger partial charge >= 0.3 is 11.9 Å². The summed E-state index contributed by atoms with van der Waals surface area (Å²) in [4.78, 5) is 39.5. The normalized spacial score (nSPS) is 22.0. The highest BCUT2D eigenvalue weighted by molar-refractivity contribution is 5.98. The number of aliphatic carboxylic acids is 2. The van der Waals surface area contributed by atoms with E-state index in [2.05, 4.69) is 26.0 Å². The van der Waals surface area contributed by atoms with Gasteiger partial charge in [-0.3, -0.25) is 14.4 Å². The molecule has 0 bridgehead atoms. The Labute approximate surface area is 282 Å². The molecule has 1 aliphatic rings. The molecule has 0 heterocycles. The number of carbonyl (C=O) groups is 3. The zero-order chi connectivity index (χ0) is 34.1. The van der Waals surface area contributed by atoms with Crippen LogP contribution in [0, 0.1) is 22.7 Å². The maximum Gasteiger partial charge on any atom is 0.311 e. The van der Waals surface area contributed by atoms with E-state index in [0.29, 0.717) is 12.8 Å². The van der Waals surface area contributed by atoms with Crippen molar-refractivity contribution in [3.05, 3.63) is 24.3 Å². The first-order chi connectivity index (χ1) is 22.3. The minimum Gasteiger partial charge on any atom is -0.481 e. The summed E-state index contributed by atoms with van der Waals surface area (Å²) in [7, 11) is 0. The number of unbranched alkanes of at least 4 members (excludes halogenated alkanes) is 18. The largest absolute Gasteiger partial charge is 0.481 e. The van der Waals surface area contributed by atoms with E-state index >= 15 is 0 Å². The number of allylic oxidation sites excluding steroid dienone is 4. The second-order valence-corrected chi connectivity index (χ2v) is 14.0. The van der Waals surface area contributed by atoms with Crippen LogP contribution in [0.1, 0.15) is 181 Å². The number of ketones is 1. The molecule has 1 aliphatic carbocycles. The molecule has 46 heavy (non-hydrogen) atoms. The average Bonchev–Trinajstić information content (AvgIpc) is 3.03. The first-order valence-corrected chi connectivity index (χ1v) is 19.3. The highest BCUT2D eigenvalue weighted by Crippen LogP contribution is 2.68. The number of Topliss-reactive ketones (excluding diaryl/α,β-unsaturated/α-hetero) is 1. The Morgan fingerprint density at radius 1 is 0.674 bits per heavy atom. The van der Waals surface area contributed by atoms with Gasteiger partial charge < -0.3 is 15.9 Å². The highest BCUT2D eigenvalue weighted by atomic mass is 16.4.